The molecule has 0 aromatic heterocycles. The van der Waals surface area contributed by atoms with Crippen molar-refractivity contribution in [3.63, 3.8) is 0 Å². The van der Waals surface area contributed by atoms with Crippen LogP contribution in [0.2, 0.25) is 0 Å². The van der Waals surface area contributed by atoms with E-state index in [0.29, 0.717) is 25.4 Å². The van der Waals surface area contributed by atoms with Crippen molar-refractivity contribution in [2.24, 2.45) is 0 Å². The van der Waals surface area contributed by atoms with Gasteiger partial charge < -0.3 is 10.1 Å². The van der Waals surface area contributed by atoms with Gasteiger partial charge in [0.2, 0.25) is 5.91 Å². The first-order valence-electron chi connectivity index (χ1n) is 8.80. The first kappa shape index (κ1) is 19.5. The maximum absolute atomic E-state index is 12.0. The summed E-state index contributed by atoms with van der Waals surface area (Å²) >= 11 is 3.52. The number of aryl methyl sites for hydroxylation is 1. The molecular formula is C21H26BrNO2. The van der Waals surface area contributed by atoms with Gasteiger partial charge in [-0.25, -0.2) is 0 Å². The van der Waals surface area contributed by atoms with Crippen LogP contribution in [0.25, 0.3) is 0 Å². The molecule has 4 heteroatoms. The van der Waals surface area contributed by atoms with Gasteiger partial charge in [0.1, 0.15) is 5.75 Å². The Bertz CT molecular complexity index is 696. The summed E-state index contributed by atoms with van der Waals surface area (Å²) in [6.45, 7) is 6.95. The minimum Gasteiger partial charge on any atom is -0.492 e. The minimum absolute atomic E-state index is 0.0151. The maximum atomic E-state index is 12.0. The van der Waals surface area contributed by atoms with E-state index < -0.39 is 0 Å². The second kappa shape index (κ2) is 9.62. The van der Waals surface area contributed by atoms with Crippen LogP contribution in [0.4, 0.5) is 5.69 Å². The standard InChI is InChI=1S/C21H26BrNO2/c1-4-16-7-12-20(19(22)14-16)25-13-5-6-21(24)23-18-10-8-17(9-11-18)15(2)3/h7-12,14-15H,4-6,13H2,1-3H3,(H,23,24). The lowest BCUT2D eigenvalue weighted by Crippen LogP contribution is -2.12. The van der Waals surface area contributed by atoms with Crippen molar-refractivity contribution < 1.29 is 9.53 Å². The zero-order valence-corrected chi connectivity index (χ0v) is 16.7. The third-order valence-electron chi connectivity index (χ3n) is 4.07. The summed E-state index contributed by atoms with van der Waals surface area (Å²) in [5.41, 5.74) is 3.38. The molecule has 0 heterocycles. The highest BCUT2D eigenvalue weighted by Gasteiger charge is 2.06. The third kappa shape index (κ3) is 6.20. The Hall–Kier alpha value is -1.81. The second-order valence-corrected chi connectivity index (χ2v) is 7.25. The fourth-order valence-corrected chi connectivity index (χ4v) is 3.01. The van der Waals surface area contributed by atoms with Crippen molar-refractivity contribution in [3.8, 4) is 5.75 Å². The normalized spacial score (nSPS) is 10.8. The fourth-order valence-electron chi connectivity index (χ4n) is 2.47. The van der Waals surface area contributed by atoms with Crippen molar-refractivity contribution in [1.82, 2.24) is 0 Å². The molecule has 0 atom stereocenters. The average molecular weight is 404 g/mol. The predicted octanol–water partition coefficient (Wildman–Crippen LogP) is 5.93. The van der Waals surface area contributed by atoms with Crippen LogP contribution in [-0.4, -0.2) is 12.5 Å². The Morgan fingerprint density at radius 2 is 1.88 bits per heavy atom. The van der Waals surface area contributed by atoms with E-state index in [2.05, 4.69) is 66.3 Å². The summed E-state index contributed by atoms with van der Waals surface area (Å²) in [5, 5.41) is 2.93. The van der Waals surface area contributed by atoms with Crippen LogP contribution in [0.3, 0.4) is 0 Å². The number of amides is 1. The number of halogens is 1. The number of hydrogen-bond donors (Lipinski definition) is 1. The van der Waals surface area contributed by atoms with Crippen molar-refractivity contribution >= 4 is 27.5 Å². The van der Waals surface area contributed by atoms with E-state index in [1.165, 1.54) is 11.1 Å². The predicted molar refractivity (Wildman–Crippen MR) is 107 cm³/mol. The molecule has 0 fully saturated rings. The van der Waals surface area contributed by atoms with Gasteiger partial charge in [0.05, 0.1) is 11.1 Å². The topological polar surface area (TPSA) is 38.3 Å². The van der Waals surface area contributed by atoms with E-state index in [-0.39, 0.29) is 5.91 Å². The van der Waals surface area contributed by atoms with Gasteiger partial charge in [-0.15, -0.1) is 0 Å². The summed E-state index contributed by atoms with van der Waals surface area (Å²) < 4.78 is 6.71. The number of benzene rings is 2. The first-order chi connectivity index (χ1) is 12.0. The van der Waals surface area contributed by atoms with E-state index in [0.717, 1.165) is 22.3 Å². The lowest BCUT2D eigenvalue weighted by molar-refractivity contribution is -0.116. The quantitative estimate of drug-likeness (QED) is 0.554. The molecular weight excluding hydrogens is 378 g/mol. The fraction of sp³-hybridized carbons (Fsp3) is 0.381. The van der Waals surface area contributed by atoms with Gasteiger partial charge >= 0.3 is 0 Å². The Morgan fingerprint density at radius 1 is 1.16 bits per heavy atom. The first-order valence-corrected chi connectivity index (χ1v) is 9.60. The summed E-state index contributed by atoms with van der Waals surface area (Å²) in [6.07, 6.45) is 2.12. The van der Waals surface area contributed by atoms with Crippen LogP contribution >= 0.6 is 15.9 Å². The molecule has 134 valence electrons. The number of carbonyl (C=O) groups excluding carboxylic acids is 1. The Labute approximate surface area is 158 Å². The maximum Gasteiger partial charge on any atom is 0.224 e. The van der Waals surface area contributed by atoms with Crippen molar-refractivity contribution in [3.05, 3.63) is 58.1 Å². The van der Waals surface area contributed by atoms with E-state index in [9.17, 15) is 4.79 Å². The van der Waals surface area contributed by atoms with E-state index in [4.69, 9.17) is 4.74 Å². The summed E-state index contributed by atoms with van der Waals surface area (Å²) in [6, 6.07) is 14.1. The summed E-state index contributed by atoms with van der Waals surface area (Å²) in [5.74, 6) is 1.33. The number of rotatable bonds is 8. The van der Waals surface area contributed by atoms with Crippen LogP contribution in [0.15, 0.2) is 46.9 Å². The number of ether oxygens (including phenoxy) is 1. The molecule has 25 heavy (non-hydrogen) atoms. The molecule has 1 amide bonds. The zero-order chi connectivity index (χ0) is 18.2. The van der Waals surface area contributed by atoms with E-state index in [1.54, 1.807) is 0 Å². The highest BCUT2D eigenvalue weighted by atomic mass is 79.9. The molecule has 1 N–H and O–H groups in total. The molecule has 0 aliphatic rings. The highest BCUT2D eigenvalue weighted by molar-refractivity contribution is 9.10. The molecule has 0 radical (unpaired) electrons. The summed E-state index contributed by atoms with van der Waals surface area (Å²) in [7, 11) is 0. The Morgan fingerprint density at radius 3 is 2.48 bits per heavy atom. The van der Waals surface area contributed by atoms with Crippen LogP contribution < -0.4 is 10.1 Å². The molecule has 0 aliphatic heterocycles. The number of hydrogen-bond acceptors (Lipinski definition) is 2. The Kier molecular flexibility index (Phi) is 7.51. The van der Waals surface area contributed by atoms with Crippen LogP contribution in [0, 0.1) is 0 Å². The smallest absolute Gasteiger partial charge is 0.224 e. The molecule has 0 bridgehead atoms. The van der Waals surface area contributed by atoms with Crippen LogP contribution in [0.1, 0.15) is 50.7 Å². The van der Waals surface area contributed by atoms with Crippen LogP contribution in [0.5, 0.6) is 5.75 Å². The van der Waals surface area contributed by atoms with Gasteiger partial charge in [-0.05, 0) is 70.1 Å². The van der Waals surface area contributed by atoms with Gasteiger partial charge in [0.25, 0.3) is 0 Å². The molecule has 2 aromatic carbocycles. The second-order valence-electron chi connectivity index (χ2n) is 6.40. The van der Waals surface area contributed by atoms with E-state index >= 15 is 0 Å². The summed E-state index contributed by atoms with van der Waals surface area (Å²) in [4.78, 5) is 12.0. The molecule has 0 unspecified atom stereocenters. The van der Waals surface area contributed by atoms with Gasteiger partial charge in [0, 0.05) is 12.1 Å². The SMILES string of the molecule is CCc1ccc(OCCCC(=O)Nc2ccc(C(C)C)cc2)c(Br)c1. The number of carbonyl (C=O) groups is 1. The molecule has 0 saturated carbocycles. The monoisotopic (exact) mass is 403 g/mol. The Balaban J connectivity index is 1.73. The molecule has 0 aliphatic carbocycles. The largest absolute Gasteiger partial charge is 0.492 e. The molecule has 0 spiro atoms. The third-order valence-corrected chi connectivity index (χ3v) is 4.69. The average Bonchev–Trinajstić information content (AvgIpc) is 2.60. The lowest BCUT2D eigenvalue weighted by atomic mass is 10.0. The van der Waals surface area contributed by atoms with Crippen LogP contribution in [-0.2, 0) is 11.2 Å². The van der Waals surface area contributed by atoms with Gasteiger partial charge in [0.15, 0.2) is 0 Å². The molecule has 3 nitrogen and oxygen atoms in total. The lowest BCUT2D eigenvalue weighted by Gasteiger charge is -2.10. The molecule has 2 rings (SSSR count). The number of anilines is 1. The van der Waals surface area contributed by atoms with Gasteiger partial charge in [-0.2, -0.15) is 0 Å². The number of nitrogens with one attached hydrogen (secondary N) is 1. The molecule has 2 aromatic rings. The van der Waals surface area contributed by atoms with Crippen molar-refractivity contribution in [2.45, 2.75) is 46.0 Å². The van der Waals surface area contributed by atoms with Gasteiger partial charge in [-0.3, -0.25) is 4.79 Å². The minimum atomic E-state index is 0.0151. The van der Waals surface area contributed by atoms with E-state index in [1.807, 2.05) is 18.2 Å². The van der Waals surface area contributed by atoms with Gasteiger partial charge in [-0.1, -0.05) is 39.0 Å². The molecule has 0 saturated heterocycles. The highest BCUT2D eigenvalue weighted by Crippen LogP contribution is 2.26. The zero-order valence-electron chi connectivity index (χ0n) is 15.1. The van der Waals surface area contributed by atoms with Crippen molar-refractivity contribution in [1.29, 1.82) is 0 Å². The van der Waals surface area contributed by atoms with Crippen molar-refractivity contribution in [2.75, 3.05) is 11.9 Å².